The summed E-state index contributed by atoms with van der Waals surface area (Å²) in [6, 6.07) is 9.40. The Labute approximate surface area is 133 Å². The SMILES string of the molecule is Fc1cc(CNc2cccc(-c3nn[nH]n3)c2)cc(C(F)(F)F)c1. The molecule has 24 heavy (non-hydrogen) atoms. The highest BCUT2D eigenvalue weighted by molar-refractivity contribution is 5.61. The van der Waals surface area contributed by atoms with E-state index in [9.17, 15) is 17.6 Å². The molecule has 3 rings (SSSR count). The molecule has 0 amide bonds. The number of nitrogens with one attached hydrogen (secondary N) is 2. The predicted molar refractivity (Wildman–Crippen MR) is 78.3 cm³/mol. The number of anilines is 1. The normalized spacial score (nSPS) is 11.5. The van der Waals surface area contributed by atoms with Crippen LogP contribution in [0.25, 0.3) is 11.4 Å². The third-order valence-electron chi connectivity index (χ3n) is 3.25. The van der Waals surface area contributed by atoms with Crippen LogP contribution in [-0.2, 0) is 12.7 Å². The van der Waals surface area contributed by atoms with E-state index in [-0.39, 0.29) is 12.1 Å². The van der Waals surface area contributed by atoms with Crippen molar-refractivity contribution in [2.24, 2.45) is 0 Å². The van der Waals surface area contributed by atoms with E-state index in [2.05, 4.69) is 25.9 Å². The van der Waals surface area contributed by atoms with Gasteiger partial charge in [-0.3, -0.25) is 0 Å². The summed E-state index contributed by atoms with van der Waals surface area (Å²) in [6.45, 7) is 0.0382. The summed E-state index contributed by atoms with van der Waals surface area (Å²) < 4.78 is 51.5. The number of benzene rings is 2. The minimum Gasteiger partial charge on any atom is -0.381 e. The molecule has 2 N–H and O–H groups in total. The van der Waals surface area contributed by atoms with Crippen molar-refractivity contribution in [1.29, 1.82) is 0 Å². The highest BCUT2D eigenvalue weighted by Crippen LogP contribution is 2.30. The van der Waals surface area contributed by atoms with E-state index < -0.39 is 17.6 Å². The maximum Gasteiger partial charge on any atom is 0.416 e. The maximum absolute atomic E-state index is 13.4. The Hall–Kier alpha value is -2.97. The fraction of sp³-hybridized carbons (Fsp3) is 0.133. The number of halogens is 4. The fourth-order valence-corrected chi connectivity index (χ4v) is 2.17. The van der Waals surface area contributed by atoms with Crippen LogP contribution < -0.4 is 5.32 Å². The van der Waals surface area contributed by atoms with Gasteiger partial charge >= 0.3 is 6.18 Å². The van der Waals surface area contributed by atoms with Gasteiger partial charge in [0, 0.05) is 17.8 Å². The van der Waals surface area contributed by atoms with Crippen LogP contribution in [0.2, 0.25) is 0 Å². The van der Waals surface area contributed by atoms with E-state index in [1.807, 2.05) is 0 Å². The standard InChI is InChI=1S/C15H11F4N5/c16-12-5-9(4-11(7-12)15(17,18)19)8-20-13-3-1-2-10(6-13)14-21-23-24-22-14/h1-7,20H,8H2,(H,21,22,23,24). The van der Waals surface area contributed by atoms with Gasteiger partial charge in [-0.05, 0) is 41.1 Å². The minimum absolute atomic E-state index is 0.0382. The van der Waals surface area contributed by atoms with Crippen LogP contribution in [0.5, 0.6) is 0 Å². The molecule has 0 aliphatic heterocycles. The zero-order chi connectivity index (χ0) is 17.2. The number of alkyl halides is 3. The number of hydrogen-bond donors (Lipinski definition) is 2. The molecule has 0 unspecified atom stereocenters. The number of rotatable bonds is 4. The zero-order valence-electron chi connectivity index (χ0n) is 12.1. The fourth-order valence-electron chi connectivity index (χ4n) is 2.17. The third-order valence-corrected chi connectivity index (χ3v) is 3.25. The molecule has 0 atom stereocenters. The number of aromatic amines is 1. The van der Waals surface area contributed by atoms with E-state index in [0.717, 1.165) is 12.1 Å². The van der Waals surface area contributed by atoms with Gasteiger partial charge in [0.25, 0.3) is 0 Å². The molecule has 5 nitrogen and oxygen atoms in total. The molecule has 0 fully saturated rings. The largest absolute Gasteiger partial charge is 0.416 e. The monoisotopic (exact) mass is 337 g/mol. The third kappa shape index (κ3) is 3.67. The predicted octanol–water partition coefficient (Wildman–Crippen LogP) is 3.64. The average molecular weight is 337 g/mol. The number of H-pyrrole nitrogens is 1. The molecular formula is C15H11F4N5. The second-order valence-corrected chi connectivity index (χ2v) is 5.02. The van der Waals surface area contributed by atoms with E-state index in [4.69, 9.17) is 0 Å². The minimum atomic E-state index is -4.59. The van der Waals surface area contributed by atoms with E-state index >= 15 is 0 Å². The summed E-state index contributed by atoms with van der Waals surface area (Å²) in [5, 5.41) is 16.4. The number of nitrogens with zero attached hydrogens (tertiary/aromatic N) is 3. The lowest BCUT2D eigenvalue weighted by Gasteiger charge is -2.11. The summed E-state index contributed by atoms with van der Waals surface area (Å²) in [6.07, 6.45) is -4.59. The maximum atomic E-state index is 13.4. The lowest BCUT2D eigenvalue weighted by atomic mass is 10.1. The lowest BCUT2D eigenvalue weighted by Crippen LogP contribution is -2.08. The molecule has 9 heteroatoms. The Morgan fingerprint density at radius 1 is 1.08 bits per heavy atom. The molecule has 1 heterocycles. The molecule has 3 aromatic rings. The topological polar surface area (TPSA) is 66.5 Å². The van der Waals surface area contributed by atoms with Crippen molar-refractivity contribution in [3.63, 3.8) is 0 Å². The highest BCUT2D eigenvalue weighted by Gasteiger charge is 2.31. The van der Waals surface area contributed by atoms with E-state index in [1.165, 1.54) is 0 Å². The van der Waals surface area contributed by atoms with Crippen molar-refractivity contribution in [3.05, 3.63) is 59.4 Å². The Morgan fingerprint density at radius 2 is 1.92 bits per heavy atom. The van der Waals surface area contributed by atoms with Crippen LogP contribution in [-0.4, -0.2) is 20.6 Å². The molecular weight excluding hydrogens is 326 g/mol. The average Bonchev–Trinajstić information content (AvgIpc) is 3.06. The second-order valence-electron chi connectivity index (χ2n) is 5.02. The van der Waals surface area contributed by atoms with Crippen LogP contribution in [0, 0.1) is 5.82 Å². The number of tetrazole rings is 1. The van der Waals surface area contributed by atoms with Crippen molar-refractivity contribution >= 4 is 5.69 Å². The molecule has 0 bridgehead atoms. The Morgan fingerprint density at radius 3 is 2.62 bits per heavy atom. The Balaban J connectivity index is 1.77. The molecule has 2 aromatic carbocycles. The molecule has 0 saturated carbocycles. The summed E-state index contributed by atoms with van der Waals surface area (Å²) in [5.74, 6) is -0.536. The van der Waals surface area contributed by atoms with Gasteiger partial charge < -0.3 is 5.32 Å². The first-order chi connectivity index (χ1) is 11.4. The molecule has 0 radical (unpaired) electrons. The summed E-state index contributed by atoms with van der Waals surface area (Å²) in [5.41, 5.74) is 0.492. The van der Waals surface area contributed by atoms with Crippen LogP contribution in [0.4, 0.5) is 23.2 Å². The highest BCUT2D eigenvalue weighted by atomic mass is 19.4. The second kappa shape index (κ2) is 6.26. The van der Waals surface area contributed by atoms with E-state index in [1.54, 1.807) is 24.3 Å². The van der Waals surface area contributed by atoms with Crippen LogP contribution in [0.1, 0.15) is 11.1 Å². The van der Waals surface area contributed by atoms with Gasteiger partial charge in [-0.25, -0.2) is 4.39 Å². The molecule has 1 aromatic heterocycles. The first-order valence-electron chi connectivity index (χ1n) is 6.86. The Bertz CT molecular complexity index is 830. The van der Waals surface area contributed by atoms with Crippen molar-refractivity contribution < 1.29 is 17.6 Å². The van der Waals surface area contributed by atoms with Gasteiger partial charge in [-0.1, -0.05) is 12.1 Å². The van der Waals surface area contributed by atoms with Gasteiger partial charge in [0.15, 0.2) is 0 Å². The van der Waals surface area contributed by atoms with Gasteiger partial charge in [0.1, 0.15) is 5.82 Å². The molecule has 0 spiro atoms. The first kappa shape index (κ1) is 15.9. The quantitative estimate of drug-likeness (QED) is 0.714. The van der Waals surface area contributed by atoms with Gasteiger partial charge in [0.2, 0.25) is 5.82 Å². The first-order valence-corrected chi connectivity index (χ1v) is 6.86. The Kier molecular flexibility index (Phi) is 4.15. The van der Waals surface area contributed by atoms with Crippen molar-refractivity contribution in [1.82, 2.24) is 20.6 Å². The van der Waals surface area contributed by atoms with Crippen LogP contribution >= 0.6 is 0 Å². The number of hydrogen-bond acceptors (Lipinski definition) is 4. The van der Waals surface area contributed by atoms with Crippen molar-refractivity contribution in [2.45, 2.75) is 12.7 Å². The van der Waals surface area contributed by atoms with Crippen molar-refractivity contribution in [2.75, 3.05) is 5.32 Å². The lowest BCUT2D eigenvalue weighted by molar-refractivity contribution is -0.137. The summed E-state index contributed by atoms with van der Waals surface area (Å²) in [7, 11) is 0. The van der Waals surface area contributed by atoms with E-state index in [0.29, 0.717) is 23.1 Å². The molecule has 124 valence electrons. The van der Waals surface area contributed by atoms with Gasteiger partial charge in [-0.2, -0.15) is 18.4 Å². The molecule has 0 saturated heterocycles. The van der Waals surface area contributed by atoms with Crippen molar-refractivity contribution in [3.8, 4) is 11.4 Å². The summed E-state index contributed by atoms with van der Waals surface area (Å²) >= 11 is 0. The smallest absolute Gasteiger partial charge is 0.381 e. The van der Waals surface area contributed by atoms with Crippen LogP contribution in [0.15, 0.2) is 42.5 Å². The number of aromatic nitrogens is 4. The zero-order valence-corrected chi connectivity index (χ0v) is 12.1. The summed E-state index contributed by atoms with van der Waals surface area (Å²) in [4.78, 5) is 0. The molecule has 0 aliphatic rings. The van der Waals surface area contributed by atoms with Crippen LogP contribution in [0.3, 0.4) is 0 Å². The molecule has 0 aliphatic carbocycles. The van der Waals surface area contributed by atoms with Gasteiger partial charge in [0.05, 0.1) is 5.56 Å². The van der Waals surface area contributed by atoms with Gasteiger partial charge in [-0.15, -0.1) is 10.2 Å².